The van der Waals surface area contributed by atoms with Crippen molar-refractivity contribution >= 4 is 11.6 Å². The van der Waals surface area contributed by atoms with E-state index in [2.05, 4.69) is 12.2 Å². The first-order chi connectivity index (χ1) is 6.66. The molecule has 1 nitrogen and oxygen atoms in total. The van der Waals surface area contributed by atoms with Crippen LogP contribution in [-0.4, -0.2) is 6.04 Å². The third-order valence-corrected chi connectivity index (χ3v) is 2.97. The molecule has 1 aromatic carbocycles. The largest absolute Gasteiger partial charge is 0.310 e. The fourth-order valence-electron chi connectivity index (χ4n) is 1.51. The average molecular weight is 214 g/mol. The number of nitrogens with one attached hydrogen (secondary N) is 1. The number of hydrogen-bond donors (Lipinski definition) is 1. The molecule has 3 heteroatoms. The molecule has 1 N–H and O–H groups in total. The monoisotopic (exact) mass is 213 g/mol. The summed E-state index contributed by atoms with van der Waals surface area (Å²) < 4.78 is 13.0. The van der Waals surface area contributed by atoms with Crippen LogP contribution in [0.4, 0.5) is 4.39 Å². The Morgan fingerprint density at radius 2 is 2.29 bits per heavy atom. The van der Waals surface area contributed by atoms with Gasteiger partial charge in [0.2, 0.25) is 0 Å². The van der Waals surface area contributed by atoms with Crippen LogP contribution in [0, 0.1) is 11.7 Å². The summed E-state index contributed by atoms with van der Waals surface area (Å²) >= 11 is 5.58. The molecule has 1 fully saturated rings. The van der Waals surface area contributed by atoms with Crippen LogP contribution in [0.2, 0.25) is 5.02 Å². The van der Waals surface area contributed by atoms with Gasteiger partial charge in [-0.1, -0.05) is 24.6 Å². The molecule has 14 heavy (non-hydrogen) atoms. The maximum absolute atomic E-state index is 13.0. The fourth-order valence-corrected chi connectivity index (χ4v) is 1.62. The lowest BCUT2D eigenvalue weighted by atomic mass is 10.2. The van der Waals surface area contributed by atoms with Crippen LogP contribution in [0.5, 0.6) is 0 Å². The van der Waals surface area contributed by atoms with Crippen molar-refractivity contribution < 1.29 is 4.39 Å². The van der Waals surface area contributed by atoms with E-state index in [4.69, 9.17) is 11.6 Å². The Balaban J connectivity index is 1.92. The van der Waals surface area contributed by atoms with Crippen molar-refractivity contribution in [2.24, 2.45) is 5.92 Å². The molecule has 0 saturated heterocycles. The molecule has 0 bridgehead atoms. The topological polar surface area (TPSA) is 12.0 Å². The summed E-state index contributed by atoms with van der Waals surface area (Å²) in [5, 5.41) is 3.55. The van der Waals surface area contributed by atoms with E-state index in [9.17, 15) is 4.39 Å². The number of halogens is 2. The van der Waals surface area contributed by atoms with Gasteiger partial charge in [0.05, 0.1) is 5.02 Å². The van der Waals surface area contributed by atoms with Crippen molar-refractivity contribution in [3.05, 3.63) is 34.6 Å². The predicted octanol–water partition coefficient (Wildman–Crippen LogP) is 2.98. The van der Waals surface area contributed by atoms with Crippen molar-refractivity contribution in [3.63, 3.8) is 0 Å². The minimum absolute atomic E-state index is 0.188. The standard InChI is InChI=1S/C11H13ClFN/c1-7-4-11(7)14-6-8-2-3-9(12)10(13)5-8/h2-3,5,7,11,14H,4,6H2,1H3. The fraction of sp³-hybridized carbons (Fsp3) is 0.455. The Morgan fingerprint density at radius 1 is 1.57 bits per heavy atom. The second kappa shape index (κ2) is 3.87. The molecule has 2 rings (SSSR count). The van der Waals surface area contributed by atoms with Gasteiger partial charge in [-0.3, -0.25) is 0 Å². The van der Waals surface area contributed by atoms with E-state index < -0.39 is 0 Å². The second-order valence-electron chi connectivity index (χ2n) is 3.95. The van der Waals surface area contributed by atoms with E-state index in [0.717, 1.165) is 18.0 Å². The van der Waals surface area contributed by atoms with Gasteiger partial charge in [0.1, 0.15) is 5.82 Å². The maximum Gasteiger partial charge on any atom is 0.142 e. The number of hydrogen-bond acceptors (Lipinski definition) is 1. The number of rotatable bonds is 3. The summed E-state index contributed by atoms with van der Waals surface area (Å²) in [6.45, 7) is 2.93. The van der Waals surface area contributed by atoms with Crippen LogP contribution < -0.4 is 5.32 Å². The molecule has 1 aliphatic rings. The first-order valence-corrected chi connectivity index (χ1v) is 5.22. The summed E-state index contributed by atoms with van der Waals surface area (Å²) in [6, 6.07) is 5.56. The van der Waals surface area contributed by atoms with Crippen LogP contribution in [-0.2, 0) is 6.54 Å². The Bertz CT molecular complexity index is 340. The zero-order chi connectivity index (χ0) is 10.1. The van der Waals surface area contributed by atoms with Gasteiger partial charge in [0, 0.05) is 12.6 Å². The molecule has 0 spiro atoms. The second-order valence-corrected chi connectivity index (χ2v) is 4.36. The van der Waals surface area contributed by atoms with Crippen molar-refractivity contribution in [3.8, 4) is 0 Å². The Hall–Kier alpha value is -0.600. The number of benzene rings is 1. The molecule has 1 saturated carbocycles. The minimum atomic E-state index is -0.338. The highest BCUT2D eigenvalue weighted by Crippen LogP contribution is 2.29. The first-order valence-electron chi connectivity index (χ1n) is 4.84. The smallest absolute Gasteiger partial charge is 0.142 e. The summed E-state index contributed by atoms with van der Waals surface area (Å²) in [4.78, 5) is 0. The van der Waals surface area contributed by atoms with E-state index in [1.165, 1.54) is 12.5 Å². The SMILES string of the molecule is CC1CC1NCc1ccc(Cl)c(F)c1. The molecule has 0 heterocycles. The van der Waals surface area contributed by atoms with Crippen molar-refractivity contribution in [1.82, 2.24) is 5.32 Å². The average Bonchev–Trinajstić information content (AvgIpc) is 2.85. The van der Waals surface area contributed by atoms with Crippen LogP contribution >= 0.6 is 11.6 Å². The van der Waals surface area contributed by atoms with Crippen LogP contribution in [0.15, 0.2) is 18.2 Å². The lowest BCUT2D eigenvalue weighted by Crippen LogP contribution is -2.17. The molecule has 0 amide bonds. The lowest BCUT2D eigenvalue weighted by molar-refractivity contribution is 0.616. The molecular weight excluding hydrogens is 201 g/mol. The van der Waals surface area contributed by atoms with E-state index in [1.54, 1.807) is 6.07 Å². The van der Waals surface area contributed by atoms with Gasteiger partial charge in [0.25, 0.3) is 0 Å². The van der Waals surface area contributed by atoms with E-state index in [0.29, 0.717) is 6.04 Å². The first kappa shape index (κ1) is 9.94. The molecule has 1 aliphatic carbocycles. The highest BCUT2D eigenvalue weighted by atomic mass is 35.5. The van der Waals surface area contributed by atoms with Gasteiger partial charge < -0.3 is 5.32 Å². The van der Waals surface area contributed by atoms with E-state index in [-0.39, 0.29) is 10.8 Å². The summed E-state index contributed by atoms with van der Waals surface area (Å²) in [7, 11) is 0. The molecule has 1 aromatic rings. The molecule has 0 aliphatic heterocycles. The lowest BCUT2D eigenvalue weighted by Gasteiger charge is -2.04. The van der Waals surface area contributed by atoms with E-state index >= 15 is 0 Å². The molecule has 2 atom stereocenters. The van der Waals surface area contributed by atoms with Gasteiger partial charge in [-0.05, 0) is 30.0 Å². The van der Waals surface area contributed by atoms with Gasteiger partial charge in [-0.15, -0.1) is 0 Å². The summed E-state index contributed by atoms with van der Waals surface area (Å²) in [5.74, 6) is 0.432. The van der Waals surface area contributed by atoms with Gasteiger partial charge >= 0.3 is 0 Å². The molecule has 76 valence electrons. The summed E-state index contributed by atoms with van der Waals surface area (Å²) in [6.07, 6.45) is 1.23. The summed E-state index contributed by atoms with van der Waals surface area (Å²) in [5.41, 5.74) is 0.950. The quantitative estimate of drug-likeness (QED) is 0.814. The zero-order valence-corrected chi connectivity index (χ0v) is 8.81. The van der Waals surface area contributed by atoms with Crippen molar-refractivity contribution in [1.29, 1.82) is 0 Å². The minimum Gasteiger partial charge on any atom is -0.310 e. The molecule has 0 aromatic heterocycles. The van der Waals surface area contributed by atoms with Crippen LogP contribution in [0.1, 0.15) is 18.9 Å². The third kappa shape index (κ3) is 2.25. The highest BCUT2D eigenvalue weighted by Gasteiger charge is 2.31. The van der Waals surface area contributed by atoms with Gasteiger partial charge in [0.15, 0.2) is 0 Å². The Morgan fingerprint density at radius 3 is 2.86 bits per heavy atom. The molecule has 2 unspecified atom stereocenters. The van der Waals surface area contributed by atoms with Crippen molar-refractivity contribution in [2.45, 2.75) is 25.9 Å². The Labute approximate surface area is 88.3 Å². The van der Waals surface area contributed by atoms with Crippen LogP contribution in [0.3, 0.4) is 0 Å². The van der Waals surface area contributed by atoms with E-state index in [1.807, 2.05) is 6.07 Å². The van der Waals surface area contributed by atoms with Crippen molar-refractivity contribution in [2.75, 3.05) is 0 Å². The Kier molecular flexibility index (Phi) is 2.75. The third-order valence-electron chi connectivity index (χ3n) is 2.66. The maximum atomic E-state index is 13.0. The predicted molar refractivity (Wildman–Crippen MR) is 55.8 cm³/mol. The normalized spacial score (nSPS) is 25.1. The highest BCUT2D eigenvalue weighted by molar-refractivity contribution is 6.30. The van der Waals surface area contributed by atoms with Gasteiger partial charge in [-0.25, -0.2) is 4.39 Å². The van der Waals surface area contributed by atoms with Crippen LogP contribution in [0.25, 0.3) is 0 Å². The van der Waals surface area contributed by atoms with Gasteiger partial charge in [-0.2, -0.15) is 0 Å². The molecule has 0 radical (unpaired) electrons. The molecular formula is C11H13ClFN. The zero-order valence-electron chi connectivity index (χ0n) is 8.06.